The second kappa shape index (κ2) is 9.66. The molecular formula is C12H26O6. The van der Waals surface area contributed by atoms with Gasteiger partial charge in [0.1, 0.15) is 18.3 Å². The van der Waals surface area contributed by atoms with Crippen LogP contribution in [0.15, 0.2) is 0 Å². The third kappa shape index (κ3) is 6.08. The fraction of sp³-hybridized carbons (Fsp3) is 1.00. The average molecular weight is 266 g/mol. The van der Waals surface area contributed by atoms with Gasteiger partial charge in [-0.15, -0.1) is 0 Å². The van der Waals surface area contributed by atoms with Crippen LogP contribution in [0.25, 0.3) is 0 Å². The monoisotopic (exact) mass is 266 g/mol. The van der Waals surface area contributed by atoms with Crippen LogP contribution >= 0.6 is 0 Å². The minimum Gasteiger partial charge on any atom is -0.396 e. The van der Waals surface area contributed by atoms with E-state index in [0.29, 0.717) is 25.7 Å². The molecule has 0 saturated carbocycles. The number of hydrogen-bond donors (Lipinski definition) is 6. The molecule has 0 aromatic heterocycles. The minimum atomic E-state index is -1.59. The van der Waals surface area contributed by atoms with Gasteiger partial charge in [-0.1, -0.05) is 13.3 Å². The van der Waals surface area contributed by atoms with Crippen molar-refractivity contribution >= 4 is 0 Å². The van der Waals surface area contributed by atoms with Crippen molar-refractivity contribution < 1.29 is 30.6 Å². The van der Waals surface area contributed by atoms with Gasteiger partial charge in [0.15, 0.2) is 0 Å². The average Bonchev–Trinajstić information content (AvgIpc) is 2.36. The first kappa shape index (κ1) is 17.8. The van der Waals surface area contributed by atoms with E-state index in [1.807, 2.05) is 6.92 Å². The molecule has 0 rings (SSSR count). The molecule has 0 bridgehead atoms. The summed E-state index contributed by atoms with van der Waals surface area (Å²) < 4.78 is 0. The van der Waals surface area contributed by atoms with E-state index in [0.717, 1.165) is 0 Å². The highest BCUT2D eigenvalue weighted by atomic mass is 16.4. The van der Waals surface area contributed by atoms with Crippen molar-refractivity contribution in [3.63, 3.8) is 0 Å². The van der Waals surface area contributed by atoms with Crippen molar-refractivity contribution in [2.24, 2.45) is 0 Å². The van der Waals surface area contributed by atoms with Crippen LogP contribution in [0.2, 0.25) is 0 Å². The van der Waals surface area contributed by atoms with E-state index in [-0.39, 0.29) is 13.0 Å². The zero-order valence-electron chi connectivity index (χ0n) is 10.8. The van der Waals surface area contributed by atoms with Gasteiger partial charge in [0.2, 0.25) is 0 Å². The van der Waals surface area contributed by atoms with Gasteiger partial charge >= 0.3 is 0 Å². The maximum atomic E-state index is 9.64. The molecular weight excluding hydrogens is 240 g/mol. The van der Waals surface area contributed by atoms with Crippen LogP contribution in [0.5, 0.6) is 0 Å². The Kier molecular flexibility index (Phi) is 9.53. The summed E-state index contributed by atoms with van der Waals surface area (Å²) in [6, 6.07) is 0. The van der Waals surface area contributed by atoms with E-state index < -0.39 is 30.5 Å². The van der Waals surface area contributed by atoms with Crippen LogP contribution in [0.3, 0.4) is 0 Å². The molecule has 110 valence electrons. The highest BCUT2D eigenvalue weighted by Crippen LogP contribution is 2.14. The Bertz CT molecular complexity index is 201. The Morgan fingerprint density at radius 2 is 1.22 bits per heavy atom. The number of unbranched alkanes of at least 4 members (excludes halogenated alkanes) is 1. The first-order valence-electron chi connectivity index (χ1n) is 6.46. The maximum Gasteiger partial charge on any atom is 0.111 e. The van der Waals surface area contributed by atoms with Crippen LogP contribution in [0, 0.1) is 0 Å². The molecule has 0 fully saturated rings. The van der Waals surface area contributed by atoms with E-state index in [9.17, 15) is 25.5 Å². The molecule has 0 heterocycles. The number of aliphatic hydroxyl groups excluding tert-OH is 6. The van der Waals surface area contributed by atoms with Gasteiger partial charge in [-0.2, -0.15) is 0 Å². The zero-order valence-corrected chi connectivity index (χ0v) is 10.8. The molecule has 6 N–H and O–H groups in total. The summed E-state index contributed by atoms with van der Waals surface area (Å²) in [6.45, 7) is 1.83. The Morgan fingerprint density at radius 3 is 1.67 bits per heavy atom. The Hall–Kier alpha value is -0.240. The topological polar surface area (TPSA) is 121 Å². The summed E-state index contributed by atoms with van der Waals surface area (Å²) in [4.78, 5) is 0. The summed E-state index contributed by atoms with van der Waals surface area (Å²) in [5, 5.41) is 56.5. The SMILES string of the molecule is CCC[C@H](O)[C@@H](O)[C@@H](O)[C@H](O)[C@H](O)CCCCO. The van der Waals surface area contributed by atoms with Crippen molar-refractivity contribution in [3.8, 4) is 0 Å². The quantitative estimate of drug-likeness (QED) is 0.275. The normalized spacial score (nSPS) is 20.2. The minimum absolute atomic E-state index is 0.00318. The summed E-state index contributed by atoms with van der Waals surface area (Å²) in [5.74, 6) is 0. The summed E-state index contributed by atoms with van der Waals surface area (Å²) >= 11 is 0. The third-order valence-corrected chi connectivity index (χ3v) is 2.98. The van der Waals surface area contributed by atoms with E-state index in [4.69, 9.17) is 5.11 Å². The van der Waals surface area contributed by atoms with Gasteiger partial charge in [0.25, 0.3) is 0 Å². The second-order valence-electron chi connectivity index (χ2n) is 4.61. The molecule has 0 aromatic carbocycles. The molecule has 0 aliphatic carbocycles. The van der Waals surface area contributed by atoms with Gasteiger partial charge in [0, 0.05) is 6.61 Å². The predicted molar refractivity (Wildman–Crippen MR) is 65.9 cm³/mol. The number of rotatable bonds is 10. The molecule has 0 spiro atoms. The summed E-state index contributed by atoms with van der Waals surface area (Å²) in [6.07, 6.45) is -4.70. The van der Waals surface area contributed by atoms with Crippen molar-refractivity contribution in [3.05, 3.63) is 0 Å². The van der Waals surface area contributed by atoms with E-state index in [1.54, 1.807) is 0 Å². The molecule has 0 aliphatic heterocycles. The van der Waals surface area contributed by atoms with E-state index in [1.165, 1.54) is 0 Å². The molecule has 0 unspecified atom stereocenters. The fourth-order valence-corrected chi connectivity index (χ4v) is 1.76. The van der Waals surface area contributed by atoms with Crippen molar-refractivity contribution in [2.75, 3.05) is 6.61 Å². The molecule has 0 aliphatic rings. The molecule has 0 aromatic rings. The predicted octanol–water partition coefficient (Wildman–Crippen LogP) is -1.25. The van der Waals surface area contributed by atoms with Crippen molar-refractivity contribution in [1.29, 1.82) is 0 Å². The highest BCUT2D eigenvalue weighted by molar-refractivity contribution is 4.84. The lowest BCUT2D eigenvalue weighted by molar-refractivity contribution is -0.135. The summed E-state index contributed by atoms with van der Waals surface area (Å²) in [5.41, 5.74) is 0. The molecule has 0 amide bonds. The first-order valence-corrected chi connectivity index (χ1v) is 6.46. The van der Waals surface area contributed by atoms with Crippen molar-refractivity contribution in [1.82, 2.24) is 0 Å². The molecule has 6 nitrogen and oxygen atoms in total. The lowest BCUT2D eigenvalue weighted by atomic mass is 9.95. The van der Waals surface area contributed by atoms with E-state index in [2.05, 4.69) is 0 Å². The third-order valence-electron chi connectivity index (χ3n) is 2.98. The number of hydrogen-bond acceptors (Lipinski definition) is 6. The highest BCUT2D eigenvalue weighted by Gasteiger charge is 2.33. The maximum absolute atomic E-state index is 9.64. The molecule has 0 saturated heterocycles. The van der Waals surface area contributed by atoms with Crippen LogP contribution in [-0.2, 0) is 0 Å². The van der Waals surface area contributed by atoms with Gasteiger partial charge < -0.3 is 30.6 Å². The fourth-order valence-electron chi connectivity index (χ4n) is 1.76. The molecule has 0 radical (unpaired) electrons. The lowest BCUT2D eigenvalue weighted by Crippen LogP contribution is -2.49. The first-order chi connectivity index (χ1) is 8.45. The van der Waals surface area contributed by atoms with E-state index >= 15 is 0 Å². The standard InChI is InChI=1S/C12H26O6/c1-2-5-8(14)10(16)12(18)11(17)9(15)6-3-4-7-13/h8-18H,2-7H2,1H3/t8-,9+,10+,11+,12+/m0/s1. The smallest absolute Gasteiger partial charge is 0.111 e. The van der Waals surface area contributed by atoms with Crippen LogP contribution in [-0.4, -0.2) is 67.8 Å². The molecule has 6 heteroatoms. The molecule has 18 heavy (non-hydrogen) atoms. The van der Waals surface area contributed by atoms with Crippen molar-refractivity contribution in [2.45, 2.75) is 69.5 Å². The van der Waals surface area contributed by atoms with Gasteiger partial charge in [-0.25, -0.2) is 0 Å². The second-order valence-corrected chi connectivity index (χ2v) is 4.61. The Morgan fingerprint density at radius 1 is 0.722 bits per heavy atom. The lowest BCUT2D eigenvalue weighted by Gasteiger charge is -2.29. The van der Waals surface area contributed by atoms with Crippen LogP contribution in [0.4, 0.5) is 0 Å². The molecule has 5 atom stereocenters. The largest absolute Gasteiger partial charge is 0.396 e. The van der Waals surface area contributed by atoms with Gasteiger partial charge in [-0.3, -0.25) is 0 Å². The summed E-state index contributed by atoms with van der Waals surface area (Å²) in [7, 11) is 0. The zero-order chi connectivity index (χ0) is 14.1. The van der Waals surface area contributed by atoms with Gasteiger partial charge in [-0.05, 0) is 25.7 Å². The van der Waals surface area contributed by atoms with Gasteiger partial charge in [0.05, 0.1) is 12.2 Å². The Labute approximate surface area is 108 Å². The van der Waals surface area contributed by atoms with Crippen LogP contribution < -0.4 is 0 Å². The number of aliphatic hydroxyl groups is 6. The Balaban J connectivity index is 4.17. The van der Waals surface area contributed by atoms with Crippen LogP contribution in [0.1, 0.15) is 39.0 Å².